The third kappa shape index (κ3) is 4.69. The van der Waals surface area contributed by atoms with Gasteiger partial charge in [-0.1, -0.05) is 12.8 Å². The van der Waals surface area contributed by atoms with E-state index in [1.54, 1.807) is 5.32 Å². The van der Waals surface area contributed by atoms with E-state index in [0.717, 1.165) is 12.8 Å². The normalized spacial score (nSPS) is 26.2. The number of aliphatic hydroxyl groups excluding tert-OH is 1. The fourth-order valence-corrected chi connectivity index (χ4v) is 1.68. The molecule has 2 atom stereocenters. The van der Waals surface area contributed by atoms with Crippen molar-refractivity contribution in [1.29, 1.82) is 0 Å². The molecule has 0 radical (unpaired) electrons. The topological polar surface area (TPSA) is 61.4 Å². The highest BCUT2D eigenvalue weighted by Crippen LogP contribution is 2.18. The lowest BCUT2D eigenvalue weighted by atomic mass is 9.93. The number of carbonyl (C=O) groups is 1. The molecule has 94 valence electrons. The number of halogens is 3. The third-order valence-electron chi connectivity index (χ3n) is 2.50. The second-order valence-electron chi connectivity index (χ2n) is 3.90. The van der Waals surface area contributed by atoms with Gasteiger partial charge in [-0.25, -0.2) is 4.79 Å². The van der Waals surface area contributed by atoms with Gasteiger partial charge in [0.15, 0.2) is 0 Å². The first kappa shape index (κ1) is 13.1. The van der Waals surface area contributed by atoms with E-state index < -0.39 is 30.9 Å². The second-order valence-corrected chi connectivity index (χ2v) is 3.90. The van der Waals surface area contributed by atoms with Crippen LogP contribution >= 0.6 is 0 Å². The van der Waals surface area contributed by atoms with Gasteiger partial charge in [0, 0.05) is 0 Å². The predicted octanol–water partition coefficient (Wildman–Crippen LogP) is 1.15. The van der Waals surface area contributed by atoms with Crippen molar-refractivity contribution in [3.63, 3.8) is 0 Å². The molecule has 0 aromatic carbocycles. The van der Waals surface area contributed by atoms with E-state index in [2.05, 4.69) is 5.32 Å². The number of hydrogen-bond donors (Lipinski definition) is 3. The molecule has 16 heavy (non-hydrogen) atoms. The van der Waals surface area contributed by atoms with Crippen LogP contribution in [0.15, 0.2) is 0 Å². The zero-order valence-corrected chi connectivity index (χ0v) is 8.68. The van der Waals surface area contributed by atoms with Gasteiger partial charge in [-0.2, -0.15) is 13.2 Å². The van der Waals surface area contributed by atoms with E-state index in [-0.39, 0.29) is 0 Å². The summed E-state index contributed by atoms with van der Waals surface area (Å²) >= 11 is 0. The zero-order valence-electron chi connectivity index (χ0n) is 8.68. The number of urea groups is 1. The Morgan fingerprint density at radius 2 is 1.94 bits per heavy atom. The van der Waals surface area contributed by atoms with Crippen LogP contribution in [0, 0.1) is 0 Å². The van der Waals surface area contributed by atoms with Gasteiger partial charge in [0.25, 0.3) is 0 Å². The van der Waals surface area contributed by atoms with Crippen LogP contribution in [0.1, 0.15) is 25.7 Å². The fourth-order valence-electron chi connectivity index (χ4n) is 1.68. The van der Waals surface area contributed by atoms with E-state index in [1.165, 1.54) is 0 Å². The fraction of sp³-hybridized carbons (Fsp3) is 0.889. The molecule has 2 amide bonds. The number of carbonyl (C=O) groups excluding carboxylic acids is 1. The maximum Gasteiger partial charge on any atom is 0.405 e. The number of amides is 2. The van der Waals surface area contributed by atoms with Crippen molar-refractivity contribution in [2.45, 2.75) is 44.0 Å². The first-order valence-corrected chi connectivity index (χ1v) is 5.17. The first-order chi connectivity index (χ1) is 7.38. The van der Waals surface area contributed by atoms with Crippen LogP contribution in [0.5, 0.6) is 0 Å². The van der Waals surface area contributed by atoms with Crippen molar-refractivity contribution in [3.05, 3.63) is 0 Å². The standard InChI is InChI=1S/C9H15F3N2O2/c10-9(11,12)5-13-8(16)14-6-3-1-2-4-7(6)15/h6-7,15H,1-5H2,(H2,13,14,16). The molecule has 1 aliphatic carbocycles. The molecule has 7 heteroatoms. The molecule has 0 spiro atoms. The molecule has 0 heterocycles. The number of aliphatic hydroxyl groups is 1. The van der Waals surface area contributed by atoms with Crippen LogP contribution < -0.4 is 10.6 Å². The van der Waals surface area contributed by atoms with Gasteiger partial charge in [0.1, 0.15) is 6.54 Å². The molecular formula is C9H15F3N2O2. The molecule has 0 aromatic heterocycles. The largest absolute Gasteiger partial charge is 0.405 e. The molecule has 1 saturated carbocycles. The minimum absolute atomic E-state index is 0.443. The summed E-state index contributed by atoms with van der Waals surface area (Å²) in [6, 6.07) is -1.33. The van der Waals surface area contributed by atoms with Gasteiger partial charge >= 0.3 is 12.2 Å². The van der Waals surface area contributed by atoms with E-state index in [1.807, 2.05) is 0 Å². The van der Waals surface area contributed by atoms with Crippen LogP contribution in [0.3, 0.4) is 0 Å². The Morgan fingerprint density at radius 1 is 1.31 bits per heavy atom. The Labute approximate surface area is 91.2 Å². The van der Waals surface area contributed by atoms with Crippen molar-refractivity contribution in [2.24, 2.45) is 0 Å². The Balaban J connectivity index is 2.28. The van der Waals surface area contributed by atoms with Crippen LogP contribution in [0.4, 0.5) is 18.0 Å². The third-order valence-corrected chi connectivity index (χ3v) is 2.50. The van der Waals surface area contributed by atoms with Crippen LogP contribution in [-0.4, -0.2) is 36.0 Å². The summed E-state index contributed by atoms with van der Waals surface area (Å²) in [6.07, 6.45) is -2.16. The van der Waals surface area contributed by atoms with Crippen molar-refractivity contribution in [2.75, 3.05) is 6.54 Å². The Bertz CT molecular complexity index is 245. The van der Waals surface area contributed by atoms with Crippen LogP contribution in [0.2, 0.25) is 0 Å². The molecule has 0 aliphatic heterocycles. The Kier molecular flexibility index (Phi) is 4.40. The minimum atomic E-state index is -4.41. The smallest absolute Gasteiger partial charge is 0.391 e. The summed E-state index contributed by atoms with van der Waals surface area (Å²) in [7, 11) is 0. The number of rotatable bonds is 2. The second kappa shape index (κ2) is 5.38. The lowest BCUT2D eigenvalue weighted by molar-refractivity contribution is -0.122. The van der Waals surface area contributed by atoms with Crippen molar-refractivity contribution >= 4 is 6.03 Å². The molecule has 1 rings (SSSR count). The summed E-state index contributed by atoms with van der Waals surface area (Å²) in [5.41, 5.74) is 0. The van der Waals surface area contributed by atoms with Gasteiger partial charge in [-0.15, -0.1) is 0 Å². The summed E-state index contributed by atoms with van der Waals surface area (Å²) in [4.78, 5) is 11.1. The average Bonchev–Trinajstić information content (AvgIpc) is 2.18. The van der Waals surface area contributed by atoms with E-state index in [4.69, 9.17) is 0 Å². The maximum absolute atomic E-state index is 11.8. The molecule has 3 N–H and O–H groups in total. The molecule has 0 aromatic rings. The summed E-state index contributed by atoms with van der Waals surface area (Å²) in [5.74, 6) is 0. The van der Waals surface area contributed by atoms with Crippen molar-refractivity contribution in [1.82, 2.24) is 10.6 Å². The summed E-state index contributed by atoms with van der Waals surface area (Å²) in [6.45, 7) is -1.36. The summed E-state index contributed by atoms with van der Waals surface area (Å²) in [5, 5.41) is 13.5. The average molecular weight is 240 g/mol. The van der Waals surface area contributed by atoms with Crippen molar-refractivity contribution < 1.29 is 23.1 Å². The van der Waals surface area contributed by atoms with Gasteiger partial charge in [-0.05, 0) is 12.8 Å². The lowest BCUT2D eigenvalue weighted by Crippen LogP contribution is -2.50. The maximum atomic E-state index is 11.8. The van der Waals surface area contributed by atoms with Gasteiger partial charge < -0.3 is 15.7 Å². The highest BCUT2D eigenvalue weighted by Gasteiger charge is 2.29. The predicted molar refractivity (Wildman–Crippen MR) is 50.9 cm³/mol. The van der Waals surface area contributed by atoms with E-state index >= 15 is 0 Å². The highest BCUT2D eigenvalue weighted by molar-refractivity contribution is 5.74. The van der Waals surface area contributed by atoms with Crippen LogP contribution in [0.25, 0.3) is 0 Å². The van der Waals surface area contributed by atoms with Gasteiger partial charge in [0.2, 0.25) is 0 Å². The molecular weight excluding hydrogens is 225 g/mol. The molecule has 4 nitrogen and oxygen atoms in total. The van der Waals surface area contributed by atoms with E-state index in [9.17, 15) is 23.1 Å². The number of hydrogen-bond acceptors (Lipinski definition) is 2. The SMILES string of the molecule is O=C(NCC(F)(F)F)NC1CCCCC1O. The quantitative estimate of drug-likeness (QED) is 0.678. The Morgan fingerprint density at radius 3 is 2.50 bits per heavy atom. The lowest BCUT2D eigenvalue weighted by Gasteiger charge is -2.28. The number of alkyl halides is 3. The van der Waals surface area contributed by atoms with Gasteiger partial charge in [-0.3, -0.25) is 0 Å². The summed E-state index contributed by atoms with van der Waals surface area (Å²) < 4.78 is 35.3. The van der Waals surface area contributed by atoms with Crippen LogP contribution in [-0.2, 0) is 0 Å². The Hall–Kier alpha value is -0.980. The van der Waals surface area contributed by atoms with Gasteiger partial charge in [0.05, 0.1) is 12.1 Å². The molecule has 1 aliphatic rings. The van der Waals surface area contributed by atoms with Crippen molar-refractivity contribution in [3.8, 4) is 0 Å². The highest BCUT2D eigenvalue weighted by atomic mass is 19.4. The molecule has 2 unspecified atom stereocenters. The molecule has 1 fully saturated rings. The minimum Gasteiger partial charge on any atom is -0.391 e. The zero-order chi connectivity index (χ0) is 12.2. The number of nitrogens with one attached hydrogen (secondary N) is 2. The molecule has 0 saturated heterocycles. The van der Waals surface area contributed by atoms with E-state index in [0.29, 0.717) is 12.8 Å². The first-order valence-electron chi connectivity index (χ1n) is 5.17. The monoisotopic (exact) mass is 240 g/mol. The molecule has 0 bridgehead atoms.